The van der Waals surface area contributed by atoms with Crippen LogP contribution in [0.25, 0.3) is 16.7 Å². The summed E-state index contributed by atoms with van der Waals surface area (Å²) in [7, 11) is 0. The minimum absolute atomic E-state index is 0.0508. The lowest BCUT2D eigenvalue weighted by molar-refractivity contribution is -0.0331. The summed E-state index contributed by atoms with van der Waals surface area (Å²) >= 11 is 0. The smallest absolute Gasteiger partial charge is 0.410 e. The second kappa shape index (κ2) is 8.52. The van der Waals surface area contributed by atoms with Crippen molar-refractivity contribution in [3.63, 3.8) is 0 Å². The zero-order valence-electron chi connectivity index (χ0n) is 18.8. The highest BCUT2D eigenvalue weighted by molar-refractivity contribution is 5.79. The second-order valence-electron chi connectivity index (χ2n) is 9.09. The highest BCUT2D eigenvalue weighted by atomic mass is 16.6. The molecule has 0 aromatic heterocycles. The third-order valence-electron chi connectivity index (χ3n) is 7.15. The molecule has 2 unspecified atom stereocenters. The molecule has 4 nitrogen and oxygen atoms in total. The molecule has 3 aliphatic rings. The van der Waals surface area contributed by atoms with Crippen LogP contribution in [0.15, 0.2) is 78.9 Å². The zero-order chi connectivity index (χ0) is 23.1. The molecule has 6 rings (SSSR count). The van der Waals surface area contributed by atoms with Crippen LogP contribution < -0.4 is 0 Å². The van der Waals surface area contributed by atoms with E-state index in [-0.39, 0.29) is 24.1 Å². The number of fused-ring (bicyclic) bond motifs is 5. The van der Waals surface area contributed by atoms with Gasteiger partial charge in [0.2, 0.25) is 0 Å². The van der Waals surface area contributed by atoms with E-state index in [1.165, 1.54) is 27.8 Å². The summed E-state index contributed by atoms with van der Waals surface area (Å²) in [6, 6.07) is 24.6. The van der Waals surface area contributed by atoms with Gasteiger partial charge >= 0.3 is 6.09 Å². The van der Waals surface area contributed by atoms with Crippen LogP contribution in [0.3, 0.4) is 0 Å². The van der Waals surface area contributed by atoms with Crippen molar-refractivity contribution in [2.75, 3.05) is 19.8 Å². The highest BCUT2D eigenvalue weighted by Crippen LogP contribution is 2.44. The average molecular weight is 448 g/mol. The van der Waals surface area contributed by atoms with Gasteiger partial charge in [-0.1, -0.05) is 72.7 Å². The van der Waals surface area contributed by atoms with Crippen molar-refractivity contribution in [3.8, 4) is 23.5 Å². The minimum Gasteiger partial charge on any atom is -0.448 e. The van der Waals surface area contributed by atoms with Crippen molar-refractivity contribution in [2.45, 2.75) is 24.4 Å². The Hall–Kier alpha value is -3.81. The number of carbonyl (C=O) groups is 1. The van der Waals surface area contributed by atoms with E-state index < -0.39 is 0 Å². The summed E-state index contributed by atoms with van der Waals surface area (Å²) in [6.07, 6.45) is 8.17. The van der Waals surface area contributed by atoms with Gasteiger partial charge in [-0.2, -0.15) is 0 Å². The summed E-state index contributed by atoms with van der Waals surface area (Å²) in [4.78, 5) is 15.2. The molecule has 1 fully saturated rings. The normalized spacial score (nSPS) is 20.7. The van der Waals surface area contributed by atoms with Gasteiger partial charge < -0.3 is 9.47 Å². The fourth-order valence-electron chi connectivity index (χ4n) is 5.57. The molecule has 3 aromatic carbocycles. The number of nitrogens with zero attached hydrogens (tertiary/aromatic N) is 1. The van der Waals surface area contributed by atoms with E-state index in [0.29, 0.717) is 26.2 Å². The van der Waals surface area contributed by atoms with Crippen LogP contribution in [0.4, 0.5) is 4.79 Å². The van der Waals surface area contributed by atoms with Crippen molar-refractivity contribution in [2.24, 2.45) is 0 Å². The van der Waals surface area contributed by atoms with E-state index >= 15 is 0 Å². The van der Waals surface area contributed by atoms with E-state index in [9.17, 15) is 4.79 Å². The van der Waals surface area contributed by atoms with E-state index in [1.54, 1.807) is 0 Å². The zero-order valence-corrected chi connectivity index (χ0v) is 18.8. The van der Waals surface area contributed by atoms with Crippen molar-refractivity contribution in [3.05, 3.63) is 101 Å². The lowest BCUT2D eigenvalue weighted by Gasteiger charge is -2.44. The van der Waals surface area contributed by atoms with Crippen molar-refractivity contribution in [1.82, 2.24) is 4.90 Å². The lowest BCUT2D eigenvalue weighted by atomic mass is 9.89. The average Bonchev–Trinajstić information content (AvgIpc) is 3.20. The minimum atomic E-state index is -0.271. The fraction of sp³-hybridized carbons (Fsp3) is 0.233. The van der Waals surface area contributed by atoms with Crippen LogP contribution in [0.1, 0.15) is 34.6 Å². The number of terminal acetylenes is 1. The van der Waals surface area contributed by atoms with Gasteiger partial charge in [0.15, 0.2) is 0 Å². The topological polar surface area (TPSA) is 38.8 Å². The first-order valence-corrected chi connectivity index (χ1v) is 11.7. The van der Waals surface area contributed by atoms with Gasteiger partial charge in [-0.3, -0.25) is 4.90 Å². The van der Waals surface area contributed by atoms with Crippen LogP contribution in [-0.4, -0.2) is 42.9 Å². The maximum Gasteiger partial charge on any atom is 0.410 e. The summed E-state index contributed by atoms with van der Waals surface area (Å²) in [5, 5.41) is 0. The number of amides is 1. The molecule has 1 aliphatic carbocycles. The fourth-order valence-corrected chi connectivity index (χ4v) is 5.57. The molecule has 0 spiro atoms. The molecule has 2 atom stereocenters. The Balaban J connectivity index is 1.22. The van der Waals surface area contributed by atoms with E-state index in [2.05, 4.69) is 54.5 Å². The molecular weight excluding hydrogens is 422 g/mol. The van der Waals surface area contributed by atoms with E-state index in [1.807, 2.05) is 35.2 Å². The van der Waals surface area contributed by atoms with Crippen molar-refractivity contribution >= 4 is 11.7 Å². The van der Waals surface area contributed by atoms with Crippen LogP contribution >= 0.6 is 0 Å². The van der Waals surface area contributed by atoms with E-state index in [4.69, 9.17) is 15.9 Å². The maximum atomic E-state index is 13.3. The second-order valence-corrected chi connectivity index (χ2v) is 9.09. The number of hydrogen-bond acceptors (Lipinski definition) is 3. The number of hydrogen-bond donors (Lipinski definition) is 0. The molecule has 0 saturated carbocycles. The first-order chi connectivity index (χ1) is 16.7. The predicted molar refractivity (Wildman–Crippen MR) is 132 cm³/mol. The highest BCUT2D eigenvalue weighted by Gasteiger charge is 2.39. The number of morpholine rings is 1. The summed E-state index contributed by atoms with van der Waals surface area (Å²) in [5.74, 6) is 2.76. The van der Waals surface area contributed by atoms with Crippen LogP contribution in [-0.2, 0) is 9.47 Å². The molecule has 0 radical (unpaired) electrons. The third-order valence-corrected chi connectivity index (χ3v) is 7.15. The Labute approximate surface area is 199 Å². The molecule has 2 heterocycles. The third kappa shape index (κ3) is 3.50. The largest absolute Gasteiger partial charge is 0.448 e. The Morgan fingerprint density at radius 2 is 1.74 bits per heavy atom. The van der Waals surface area contributed by atoms with Crippen molar-refractivity contribution < 1.29 is 14.3 Å². The Morgan fingerprint density at radius 3 is 2.44 bits per heavy atom. The number of rotatable bonds is 3. The van der Waals surface area contributed by atoms with Crippen LogP contribution in [0.5, 0.6) is 0 Å². The van der Waals surface area contributed by atoms with E-state index in [0.717, 1.165) is 11.1 Å². The quantitative estimate of drug-likeness (QED) is 0.500. The SMILES string of the molecule is C#Cc1cccc(C2=CC3COCC(C2)N3C(=O)OCC2c3ccccc3-c3ccccc32)c1. The summed E-state index contributed by atoms with van der Waals surface area (Å²) in [5.41, 5.74) is 8.06. The molecule has 34 heavy (non-hydrogen) atoms. The number of benzene rings is 3. The molecule has 168 valence electrons. The van der Waals surface area contributed by atoms with Gasteiger partial charge in [0, 0.05) is 11.5 Å². The molecule has 1 amide bonds. The van der Waals surface area contributed by atoms with Gasteiger partial charge in [-0.05, 0) is 51.9 Å². The van der Waals surface area contributed by atoms with Crippen LogP contribution in [0.2, 0.25) is 0 Å². The van der Waals surface area contributed by atoms with Crippen molar-refractivity contribution in [1.29, 1.82) is 0 Å². The van der Waals surface area contributed by atoms with Gasteiger partial charge in [-0.15, -0.1) is 6.42 Å². The Kier molecular flexibility index (Phi) is 5.20. The molecule has 1 saturated heterocycles. The molecule has 3 aromatic rings. The van der Waals surface area contributed by atoms with Gasteiger partial charge in [-0.25, -0.2) is 4.79 Å². The number of ether oxygens (including phenoxy) is 2. The van der Waals surface area contributed by atoms with Gasteiger partial charge in [0.1, 0.15) is 6.61 Å². The van der Waals surface area contributed by atoms with Gasteiger partial charge in [0.05, 0.1) is 25.3 Å². The molecular formula is C30H25NO3. The Morgan fingerprint density at radius 1 is 1.00 bits per heavy atom. The maximum absolute atomic E-state index is 13.3. The molecule has 0 N–H and O–H groups in total. The lowest BCUT2D eigenvalue weighted by Crippen LogP contribution is -2.56. The van der Waals surface area contributed by atoms with Crippen LogP contribution in [0, 0.1) is 12.3 Å². The number of carbonyl (C=O) groups excluding carboxylic acids is 1. The standard InChI is InChI=1S/C30H25NO3/c1-2-20-8-7-9-21(14-20)22-15-23-17-33-18-24(16-22)31(23)30(32)34-19-29-27-12-5-3-10-25(27)26-11-4-6-13-28(26)29/h1,3-15,23-24,29H,16-19H2. The predicted octanol–water partition coefficient (Wildman–Crippen LogP) is 5.47. The molecule has 2 bridgehead atoms. The first kappa shape index (κ1) is 20.8. The monoisotopic (exact) mass is 447 g/mol. The molecule has 2 aliphatic heterocycles. The summed E-state index contributed by atoms with van der Waals surface area (Å²) < 4.78 is 11.8. The first-order valence-electron chi connectivity index (χ1n) is 11.7. The van der Waals surface area contributed by atoms with Gasteiger partial charge in [0.25, 0.3) is 0 Å². The summed E-state index contributed by atoms with van der Waals surface area (Å²) in [6.45, 7) is 1.30. The Bertz CT molecular complexity index is 1290. The molecule has 4 heteroatoms.